The van der Waals surface area contributed by atoms with E-state index < -0.39 is 0 Å². The quantitative estimate of drug-likeness (QED) is 0.576. The van der Waals surface area contributed by atoms with Crippen molar-refractivity contribution in [1.82, 2.24) is 4.90 Å². The number of halogens is 1. The number of rotatable bonds is 6. The molecule has 2 aromatic rings. The Hall–Kier alpha value is -2.50. The summed E-state index contributed by atoms with van der Waals surface area (Å²) in [6, 6.07) is 13.4. The normalized spacial score (nSPS) is 15.8. The Bertz CT molecular complexity index is 968. The van der Waals surface area contributed by atoms with Crippen molar-refractivity contribution in [1.29, 1.82) is 0 Å². The first-order valence-corrected chi connectivity index (χ1v) is 10.0. The summed E-state index contributed by atoms with van der Waals surface area (Å²) in [5.41, 5.74) is 2.96. The smallest absolute Gasteiger partial charge is 0.293 e. The summed E-state index contributed by atoms with van der Waals surface area (Å²) in [5, 5.41) is 0.343. The van der Waals surface area contributed by atoms with Gasteiger partial charge in [0.15, 0.2) is 0 Å². The first kappa shape index (κ1) is 20.2. The monoisotopic (exact) mass is 413 g/mol. The zero-order chi connectivity index (χ0) is 20.1. The number of aryl methyl sites for hydroxylation is 2. The molecule has 1 heterocycles. The van der Waals surface area contributed by atoms with Crippen molar-refractivity contribution >= 4 is 40.6 Å². The Balaban J connectivity index is 1.60. The minimum atomic E-state index is -0.302. The summed E-state index contributed by atoms with van der Waals surface area (Å²) < 4.78 is 5.76. The number of hydrogen-bond acceptors (Lipinski definition) is 4. The fourth-order valence-electron chi connectivity index (χ4n) is 2.67. The van der Waals surface area contributed by atoms with Crippen LogP contribution < -0.4 is 4.74 Å². The topological polar surface area (TPSA) is 46.6 Å². The van der Waals surface area contributed by atoms with E-state index in [1.54, 1.807) is 24.3 Å². The molecular formula is C22H20ClNO3S. The molecule has 0 unspecified atom stereocenters. The molecular weight excluding hydrogens is 394 g/mol. The third kappa shape index (κ3) is 4.86. The third-order valence-corrected chi connectivity index (χ3v) is 5.49. The number of nitrogens with zero attached hydrogens (tertiary/aromatic N) is 1. The lowest BCUT2D eigenvalue weighted by atomic mass is 10.1. The Kier molecular flexibility index (Phi) is 6.60. The van der Waals surface area contributed by atoms with Gasteiger partial charge in [-0.3, -0.25) is 14.5 Å². The SMILES string of the molecule is Cc1ccc(C)c(OCCN2C(=O)S/C(=C\C=C\c3ccccc3Cl)C2=O)c1. The Labute approximate surface area is 173 Å². The number of benzene rings is 2. The number of imide groups is 1. The Morgan fingerprint density at radius 3 is 2.71 bits per heavy atom. The van der Waals surface area contributed by atoms with Crippen molar-refractivity contribution in [3.05, 3.63) is 81.2 Å². The number of carbonyl (C=O) groups is 2. The number of carbonyl (C=O) groups excluding carboxylic acids is 2. The summed E-state index contributed by atoms with van der Waals surface area (Å²) in [7, 11) is 0. The van der Waals surface area contributed by atoms with Crippen molar-refractivity contribution in [2.24, 2.45) is 0 Å². The van der Waals surface area contributed by atoms with Crippen LogP contribution in [0.25, 0.3) is 6.08 Å². The van der Waals surface area contributed by atoms with Gasteiger partial charge in [-0.15, -0.1) is 0 Å². The lowest BCUT2D eigenvalue weighted by molar-refractivity contribution is -0.123. The number of hydrogen-bond donors (Lipinski definition) is 0. The van der Waals surface area contributed by atoms with Crippen molar-refractivity contribution in [2.45, 2.75) is 13.8 Å². The highest BCUT2D eigenvalue weighted by Crippen LogP contribution is 2.30. The van der Waals surface area contributed by atoms with Gasteiger partial charge in [0.1, 0.15) is 12.4 Å². The van der Waals surface area contributed by atoms with Gasteiger partial charge in [0.2, 0.25) is 0 Å². The molecule has 28 heavy (non-hydrogen) atoms. The van der Waals surface area contributed by atoms with E-state index in [9.17, 15) is 9.59 Å². The van der Waals surface area contributed by atoms with Crippen LogP contribution in [0.4, 0.5) is 4.79 Å². The van der Waals surface area contributed by atoms with E-state index in [-0.39, 0.29) is 24.3 Å². The highest BCUT2D eigenvalue weighted by molar-refractivity contribution is 8.18. The Morgan fingerprint density at radius 2 is 1.93 bits per heavy atom. The van der Waals surface area contributed by atoms with Gasteiger partial charge in [-0.1, -0.05) is 54.1 Å². The average molecular weight is 414 g/mol. The van der Waals surface area contributed by atoms with Crippen LogP contribution in [0, 0.1) is 13.8 Å². The van der Waals surface area contributed by atoms with E-state index in [2.05, 4.69) is 0 Å². The van der Waals surface area contributed by atoms with Gasteiger partial charge in [0.25, 0.3) is 11.1 Å². The van der Waals surface area contributed by atoms with Gasteiger partial charge < -0.3 is 4.74 Å². The van der Waals surface area contributed by atoms with Crippen LogP contribution in [0.1, 0.15) is 16.7 Å². The maximum absolute atomic E-state index is 12.5. The molecule has 3 rings (SSSR count). The van der Waals surface area contributed by atoms with Gasteiger partial charge in [0, 0.05) is 5.02 Å². The van der Waals surface area contributed by atoms with E-state index in [0.29, 0.717) is 9.93 Å². The average Bonchev–Trinajstić information content (AvgIpc) is 2.93. The highest BCUT2D eigenvalue weighted by atomic mass is 35.5. The maximum Gasteiger partial charge on any atom is 0.293 e. The van der Waals surface area contributed by atoms with E-state index in [1.807, 2.05) is 50.2 Å². The van der Waals surface area contributed by atoms with Crippen LogP contribution in [-0.4, -0.2) is 29.2 Å². The second-order valence-electron chi connectivity index (χ2n) is 6.35. The maximum atomic E-state index is 12.5. The van der Waals surface area contributed by atoms with Crippen molar-refractivity contribution in [3.8, 4) is 5.75 Å². The second-order valence-corrected chi connectivity index (χ2v) is 7.75. The molecule has 6 heteroatoms. The van der Waals surface area contributed by atoms with Crippen LogP contribution in [0.2, 0.25) is 5.02 Å². The summed E-state index contributed by atoms with van der Waals surface area (Å²) in [5.74, 6) is 0.466. The lowest BCUT2D eigenvalue weighted by Crippen LogP contribution is -2.32. The minimum Gasteiger partial charge on any atom is -0.491 e. The largest absolute Gasteiger partial charge is 0.491 e. The molecule has 4 nitrogen and oxygen atoms in total. The summed E-state index contributed by atoms with van der Waals surface area (Å²) in [4.78, 5) is 26.3. The van der Waals surface area contributed by atoms with Gasteiger partial charge in [-0.25, -0.2) is 0 Å². The molecule has 0 aromatic heterocycles. The van der Waals surface area contributed by atoms with Crippen LogP contribution in [-0.2, 0) is 4.79 Å². The first-order chi connectivity index (χ1) is 13.5. The fraction of sp³-hybridized carbons (Fsp3) is 0.182. The van der Waals surface area contributed by atoms with Crippen LogP contribution in [0.5, 0.6) is 5.75 Å². The molecule has 1 aliphatic rings. The number of amides is 2. The highest BCUT2D eigenvalue weighted by Gasteiger charge is 2.34. The molecule has 2 aromatic carbocycles. The fourth-order valence-corrected chi connectivity index (χ4v) is 3.68. The molecule has 0 aliphatic carbocycles. The number of allylic oxidation sites excluding steroid dienone is 2. The molecule has 0 saturated carbocycles. The third-order valence-electron chi connectivity index (χ3n) is 4.22. The minimum absolute atomic E-state index is 0.212. The predicted molar refractivity (Wildman–Crippen MR) is 115 cm³/mol. The molecule has 1 aliphatic heterocycles. The van der Waals surface area contributed by atoms with Crippen molar-refractivity contribution in [2.75, 3.05) is 13.2 Å². The predicted octanol–water partition coefficient (Wildman–Crippen LogP) is 5.63. The molecule has 144 valence electrons. The summed E-state index contributed by atoms with van der Waals surface area (Å²) >= 11 is 7.03. The molecule has 0 atom stereocenters. The van der Waals surface area contributed by atoms with E-state index in [4.69, 9.17) is 16.3 Å². The van der Waals surface area contributed by atoms with E-state index in [1.165, 1.54) is 4.90 Å². The van der Waals surface area contributed by atoms with Crippen molar-refractivity contribution < 1.29 is 14.3 Å². The first-order valence-electron chi connectivity index (χ1n) is 8.82. The van der Waals surface area contributed by atoms with Crippen LogP contribution in [0.15, 0.2) is 59.5 Å². The zero-order valence-electron chi connectivity index (χ0n) is 15.6. The Morgan fingerprint density at radius 1 is 1.14 bits per heavy atom. The molecule has 0 N–H and O–H groups in total. The molecule has 0 spiro atoms. The summed E-state index contributed by atoms with van der Waals surface area (Å²) in [6.07, 6.45) is 5.17. The number of ether oxygens (including phenoxy) is 1. The standard InChI is InChI=1S/C22H20ClNO3S/c1-15-10-11-16(2)19(14-15)27-13-12-24-21(25)20(28-22(24)26)9-5-7-17-6-3-4-8-18(17)23/h3-11,14H,12-13H2,1-2H3/b7-5+,20-9-. The van der Waals surface area contributed by atoms with E-state index in [0.717, 1.165) is 34.2 Å². The van der Waals surface area contributed by atoms with Gasteiger partial charge in [-0.2, -0.15) is 0 Å². The van der Waals surface area contributed by atoms with Crippen molar-refractivity contribution in [3.63, 3.8) is 0 Å². The molecule has 1 fully saturated rings. The molecule has 1 saturated heterocycles. The number of thioether (sulfide) groups is 1. The second kappa shape index (κ2) is 9.13. The lowest BCUT2D eigenvalue weighted by Gasteiger charge is -2.14. The molecule has 2 amide bonds. The van der Waals surface area contributed by atoms with Gasteiger partial charge in [-0.05, 0) is 60.5 Å². The summed E-state index contributed by atoms with van der Waals surface area (Å²) in [6.45, 7) is 4.42. The molecule has 0 radical (unpaired) electrons. The van der Waals surface area contributed by atoms with E-state index >= 15 is 0 Å². The molecule has 0 bridgehead atoms. The van der Waals surface area contributed by atoms with Crippen LogP contribution in [0.3, 0.4) is 0 Å². The van der Waals surface area contributed by atoms with Gasteiger partial charge in [0.05, 0.1) is 11.4 Å². The zero-order valence-corrected chi connectivity index (χ0v) is 17.2. The van der Waals surface area contributed by atoms with Gasteiger partial charge >= 0.3 is 0 Å². The van der Waals surface area contributed by atoms with Crippen LogP contribution >= 0.6 is 23.4 Å².